The number of hydrogen-bond donors (Lipinski definition) is 1. The number of ether oxygens (including phenoxy) is 1. The van der Waals surface area contributed by atoms with Crippen LogP contribution in [-0.2, 0) is 11.3 Å². The first-order chi connectivity index (χ1) is 12.5. The van der Waals surface area contributed by atoms with Gasteiger partial charge in [0.25, 0.3) is 5.91 Å². The van der Waals surface area contributed by atoms with Crippen LogP contribution in [0, 0.1) is 0 Å². The molecule has 26 heavy (non-hydrogen) atoms. The molecule has 0 saturated carbocycles. The van der Waals surface area contributed by atoms with Crippen molar-refractivity contribution in [1.82, 2.24) is 25.3 Å². The largest absolute Gasteiger partial charge is 0.378 e. The van der Waals surface area contributed by atoms with Crippen LogP contribution in [0.25, 0.3) is 0 Å². The Labute approximate surface area is 159 Å². The lowest BCUT2D eigenvalue weighted by molar-refractivity contribution is 0.0949. The van der Waals surface area contributed by atoms with Crippen molar-refractivity contribution in [2.24, 2.45) is 0 Å². The van der Waals surface area contributed by atoms with Crippen LogP contribution in [0.1, 0.15) is 16.2 Å². The van der Waals surface area contributed by atoms with Crippen LogP contribution in [0.2, 0.25) is 0 Å². The first-order valence-corrected chi connectivity index (χ1v) is 8.96. The van der Waals surface area contributed by atoms with Crippen molar-refractivity contribution in [1.29, 1.82) is 0 Å². The van der Waals surface area contributed by atoms with E-state index < -0.39 is 0 Å². The number of hydrogen-bond acceptors (Lipinski definition) is 8. The highest BCUT2D eigenvalue weighted by atomic mass is 79.9. The summed E-state index contributed by atoms with van der Waals surface area (Å²) in [6, 6.07) is 1.71. The van der Waals surface area contributed by atoms with Crippen molar-refractivity contribution >= 4 is 33.7 Å². The summed E-state index contributed by atoms with van der Waals surface area (Å²) < 4.78 is 6.12. The van der Waals surface area contributed by atoms with Crippen LogP contribution in [0.4, 0.5) is 11.9 Å². The van der Waals surface area contributed by atoms with Gasteiger partial charge >= 0.3 is 0 Å². The van der Waals surface area contributed by atoms with E-state index in [0.717, 1.165) is 17.6 Å². The summed E-state index contributed by atoms with van der Waals surface area (Å²) in [5.41, 5.74) is 0.467. The number of amides is 1. The maximum absolute atomic E-state index is 12.3. The standard InChI is InChI=1S/C16H20BrN7O2/c1-23(2)15-20-13(21-16(22-15)24-3-5-26-6-4-24)10-19-14(25)11-7-12(17)9-18-8-11/h7-9H,3-6,10H2,1-2H3,(H,19,25). The van der Waals surface area contributed by atoms with Gasteiger partial charge in [0.05, 0.1) is 25.3 Å². The molecule has 0 aromatic carbocycles. The monoisotopic (exact) mass is 421 g/mol. The van der Waals surface area contributed by atoms with Crippen LogP contribution in [0.15, 0.2) is 22.9 Å². The molecular weight excluding hydrogens is 402 g/mol. The summed E-state index contributed by atoms with van der Waals surface area (Å²) in [6.45, 7) is 2.95. The van der Waals surface area contributed by atoms with Gasteiger partial charge in [0.2, 0.25) is 11.9 Å². The third kappa shape index (κ3) is 4.64. The second-order valence-corrected chi connectivity index (χ2v) is 6.84. The molecular formula is C16H20BrN7O2. The van der Waals surface area contributed by atoms with Crippen LogP contribution >= 0.6 is 15.9 Å². The van der Waals surface area contributed by atoms with Gasteiger partial charge < -0.3 is 19.9 Å². The van der Waals surface area contributed by atoms with E-state index in [1.54, 1.807) is 12.3 Å². The molecule has 0 atom stereocenters. The number of carbonyl (C=O) groups is 1. The molecule has 1 aliphatic rings. The van der Waals surface area contributed by atoms with E-state index in [1.807, 2.05) is 19.0 Å². The van der Waals surface area contributed by atoms with Crippen molar-refractivity contribution in [3.8, 4) is 0 Å². The number of nitrogens with zero attached hydrogens (tertiary/aromatic N) is 6. The summed E-state index contributed by atoms with van der Waals surface area (Å²) >= 11 is 3.31. The summed E-state index contributed by atoms with van der Waals surface area (Å²) in [7, 11) is 3.74. The Morgan fingerprint density at radius 2 is 2.04 bits per heavy atom. The van der Waals surface area contributed by atoms with Gasteiger partial charge in [-0.3, -0.25) is 9.78 Å². The number of aromatic nitrogens is 4. The molecule has 0 bridgehead atoms. The van der Waals surface area contributed by atoms with Crippen molar-refractivity contribution in [3.05, 3.63) is 34.3 Å². The maximum atomic E-state index is 12.3. The first kappa shape index (κ1) is 18.5. The molecule has 3 heterocycles. The number of carbonyl (C=O) groups excluding carboxylic acids is 1. The lowest BCUT2D eigenvalue weighted by Gasteiger charge is -2.27. The third-order valence-electron chi connectivity index (χ3n) is 3.73. The molecule has 9 nitrogen and oxygen atoms in total. The van der Waals surface area contributed by atoms with E-state index in [2.05, 4.69) is 46.1 Å². The van der Waals surface area contributed by atoms with Gasteiger partial charge in [-0.05, 0) is 22.0 Å². The van der Waals surface area contributed by atoms with Gasteiger partial charge in [0, 0.05) is 44.1 Å². The van der Waals surface area contributed by atoms with Gasteiger partial charge in [0.15, 0.2) is 5.82 Å². The molecule has 10 heteroatoms. The number of halogens is 1. The molecule has 3 rings (SSSR count). The van der Waals surface area contributed by atoms with Crippen molar-refractivity contribution in [2.75, 3.05) is 50.2 Å². The molecule has 138 valence electrons. The summed E-state index contributed by atoms with van der Waals surface area (Å²) in [4.78, 5) is 33.6. The van der Waals surface area contributed by atoms with Crippen LogP contribution in [0.3, 0.4) is 0 Å². The van der Waals surface area contributed by atoms with Crippen LogP contribution in [-0.4, -0.2) is 66.2 Å². The van der Waals surface area contributed by atoms with E-state index in [0.29, 0.717) is 36.5 Å². The van der Waals surface area contributed by atoms with Gasteiger partial charge in [0.1, 0.15) is 0 Å². The lowest BCUT2D eigenvalue weighted by atomic mass is 10.3. The van der Waals surface area contributed by atoms with E-state index in [4.69, 9.17) is 4.74 Å². The van der Waals surface area contributed by atoms with E-state index in [9.17, 15) is 4.79 Å². The smallest absolute Gasteiger partial charge is 0.253 e. The Hall–Kier alpha value is -2.33. The zero-order chi connectivity index (χ0) is 18.5. The van der Waals surface area contributed by atoms with E-state index in [-0.39, 0.29) is 12.5 Å². The molecule has 1 N–H and O–H groups in total. The summed E-state index contributed by atoms with van der Waals surface area (Å²) in [6.07, 6.45) is 3.14. The number of anilines is 2. The van der Waals surface area contributed by atoms with E-state index in [1.165, 1.54) is 6.20 Å². The predicted octanol–water partition coefficient (Wildman–Crippen LogP) is 0.862. The fraction of sp³-hybridized carbons (Fsp3) is 0.438. The molecule has 2 aromatic heterocycles. The lowest BCUT2D eigenvalue weighted by Crippen LogP contribution is -2.38. The Morgan fingerprint density at radius 3 is 2.73 bits per heavy atom. The average molecular weight is 422 g/mol. The third-order valence-corrected chi connectivity index (χ3v) is 4.16. The Morgan fingerprint density at radius 1 is 1.27 bits per heavy atom. The highest BCUT2D eigenvalue weighted by molar-refractivity contribution is 9.10. The van der Waals surface area contributed by atoms with Gasteiger partial charge in [-0.15, -0.1) is 0 Å². The molecule has 0 unspecified atom stereocenters. The molecule has 0 radical (unpaired) electrons. The fourth-order valence-electron chi connectivity index (χ4n) is 2.38. The Bertz CT molecular complexity index is 781. The predicted molar refractivity (Wildman–Crippen MR) is 100 cm³/mol. The van der Waals surface area contributed by atoms with Gasteiger partial charge in [-0.1, -0.05) is 0 Å². The molecule has 1 saturated heterocycles. The quantitative estimate of drug-likeness (QED) is 0.758. The molecule has 0 spiro atoms. The highest BCUT2D eigenvalue weighted by Crippen LogP contribution is 2.14. The number of pyridine rings is 1. The topological polar surface area (TPSA) is 96.4 Å². The average Bonchev–Trinajstić information content (AvgIpc) is 2.66. The summed E-state index contributed by atoms with van der Waals surface area (Å²) in [5.74, 6) is 1.41. The van der Waals surface area contributed by atoms with Gasteiger partial charge in [-0.2, -0.15) is 15.0 Å². The Kier molecular flexibility index (Phi) is 5.94. The number of morpholine rings is 1. The second kappa shape index (κ2) is 8.37. The van der Waals surface area contributed by atoms with Crippen molar-refractivity contribution in [3.63, 3.8) is 0 Å². The number of nitrogens with one attached hydrogen (secondary N) is 1. The molecule has 1 aliphatic heterocycles. The van der Waals surface area contributed by atoms with E-state index >= 15 is 0 Å². The zero-order valence-corrected chi connectivity index (χ0v) is 16.2. The zero-order valence-electron chi connectivity index (χ0n) is 14.6. The summed E-state index contributed by atoms with van der Waals surface area (Å²) in [5, 5.41) is 2.82. The molecule has 0 aliphatic carbocycles. The highest BCUT2D eigenvalue weighted by Gasteiger charge is 2.17. The van der Waals surface area contributed by atoms with Crippen LogP contribution < -0.4 is 15.1 Å². The fourth-order valence-corrected chi connectivity index (χ4v) is 2.74. The van der Waals surface area contributed by atoms with Crippen molar-refractivity contribution < 1.29 is 9.53 Å². The SMILES string of the molecule is CN(C)c1nc(CNC(=O)c2cncc(Br)c2)nc(N2CCOCC2)n1. The minimum atomic E-state index is -0.237. The second-order valence-electron chi connectivity index (χ2n) is 5.92. The number of rotatable bonds is 5. The first-order valence-electron chi connectivity index (χ1n) is 8.16. The minimum Gasteiger partial charge on any atom is -0.378 e. The Balaban J connectivity index is 1.75. The maximum Gasteiger partial charge on any atom is 0.253 e. The molecule has 1 fully saturated rings. The van der Waals surface area contributed by atoms with Crippen molar-refractivity contribution in [2.45, 2.75) is 6.54 Å². The molecule has 1 amide bonds. The normalized spacial score (nSPS) is 14.2. The minimum absolute atomic E-state index is 0.200. The van der Waals surface area contributed by atoms with Gasteiger partial charge in [-0.25, -0.2) is 0 Å². The molecule has 2 aromatic rings. The van der Waals surface area contributed by atoms with Crippen LogP contribution in [0.5, 0.6) is 0 Å².